The second kappa shape index (κ2) is 15.5. The molecule has 0 bridgehead atoms. The molecule has 0 saturated carbocycles. The van der Waals surface area contributed by atoms with Crippen LogP contribution in [0.15, 0.2) is 97.1 Å². The van der Waals surface area contributed by atoms with Gasteiger partial charge in [-0.2, -0.15) is 0 Å². The maximum absolute atomic E-state index is 13.2. The van der Waals surface area contributed by atoms with E-state index in [9.17, 15) is 19.5 Å². The number of allylic oxidation sites excluding steroid dienone is 1. The van der Waals surface area contributed by atoms with Crippen LogP contribution in [0, 0.1) is 11.3 Å². The zero-order valence-corrected chi connectivity index (χ0v) is 33.0. The summed E-state index contributed by atoms with van der Waals surface area (Å²) in [6.45, 7) is 10.4. The van der Waals surface area contributed by atoms with Crippen LogP contribution in [0.1, 0.15) is 84.5 Å². The van der Waals surface area contributed by atoms with E-state index >= 15 is 0 Å². The molecule has 1 atom stereocenters. The number of likely N-dealkylation sites (tertiary alicyclic amines) is 1. The van der Waals surface area contributed by atoms with Crippen LogP contribution in [0.4, 0.5) is 11.4 Å². The third-order valence-electron chi connectivity index (χ3n) is 13.4. The lowest BCUT2D eigenvalue weighted by molar-refractivity contribution is -0.136. The topological polar surface area (TPSA) is 96.4 Å². The van der Waals surface area contributed by atoms with Crippen molar-refractivity contribution in [1.82, 2.24) is 15.1 Å². The number of benzene rings is 4. The summed E-state index contributed by atoms with van der Waals surface area (Å²) in [5.74, 6) is 0.262. The predicted octanol–water partition coefficient (Wildman–Crippen LogP) is 7.34. The fourth-order valence-corrected chi connectivity index (χ4v) is 10.1. The highest BCUT2D eigenvalue weighted by atomic mass is 16.3. The second-order valence-corrected chi connectivity index (χ2v) is 17.0. The predicted molar refractivity (Wildman–Crippen MR) is 225 cm³/mol. The van der Waals surface area contributed by atoms with E-state index in [0.29, 0.717) is 23.9 Å². The van der Waals surface area contributed by atoms with Gasteiger partial charge in [0.1, 0.15) is 11.8 Å². The van der Waals surface area contributed by atoms with Crippen LogP contribution in [0.3, 0.4) is 0 Å². The van der Waals surface area contributed by atoms with E-state index in [-0.39, 0.29) is 29.9 Å². The first-order valence-corrected chi connectivity index (χ1v) is 20.9. The highest BCUT2D eigenvalue weighted by molar-refractivity contribution is 6.05. The van der Waals surface area contributed by atoms with Gasteiger partial charge in [0.05, 0.1) is 0 Å². The summed E-state index contributed by atoms with van der Waals surface area (Å²) in [6.07, 6.45) is 6.44. The molecule has 1 spiro atoms. The highest BCUT2D eigenvalue weighted by Crippen LogP contribution is 2.44. The molecule has 5 heterocycles. The van der Waals surface area contributed by atoms with E-state index < -0.39 is 6.04 Å². The zero-order valence-electron chi connectivity index (χ0n) is 33.0. The number of aromatic hydroxyl groups is 1. The van der Waals surface area contributed by atoms with Crippen LogP contribution in [0.5, 0.6) is 5.75 Å². The minimum atomic E-state index is -0.580. The molecule has 9 rings (SSSR count). The van der Waals surface area contributed by atoms with E-state index in [1.165, 1.54) is 60.2 Å². The van der Waals surface area contributed by atoms with Crippen LogP contribution in [-0.4, -0.2) is 84.5 Å². The summed E-state index contributed by atoms with van der Waals surface area (Å²) in [5, 5.41) is 12.4. The van der Waals surface area contributed by atoms with Gasteiger partial charge in [-0.1, -0.05) is 61.5 Å². The number of carbonyl (C=O) groups excluding carboxylic acids is 3. The Morgan fingerprint density at radius 2 is 1.42 bits per heavy atom. The molecule has 2 N–H and O–H groups in total. The van der Waals surface area contributed by atoms with Gasteiger partial charge in [-0.15, -0.1) is 0 Å². The average Bonchev–Trinajstić information content (AvgIpc) is 3.55. The van der Waals surface area contributed by atoms with Gasteiger partial charge in [0.25, 0.3) is 5.91 Å². The lowest BCUT2D eigenvalue weighted by Crippen LogP contribution is -2.60. The first kappa shape index (κ1) is 37.2. The summed E-state index contributed by atoms with van der Waals surface area (Å²) < 4.78 is 0. The summed E-state index contributed by atoms with van der Waals surface area (Å²) >= 11 is 0. The van der Waals surface area contributed by atoms with Crippen molar-refractivity contribution in [2.45, 2.75) is 64.5 Å². The molecule has 0 aromatic heterocycles. The van der Waals surface area contributed by atoms with E-state index in [1.807, 2.05) is 18.2 Å². The van der Waals surface area contributed by atoms with Crippen molar-refractivity contribution in [3.05, 3.63) is 125 Å². The van der Waals surface area contributed by atoms with Crippen molar-refractivity contribution in [1.29, 1.82) is 0 Å². The van der Waals surface area contributed by atoms with E-state index in [1.54, 1.807) is 17.0 Å². The Balaban J connectivity index is 0.762. The Kier molecular flexibility index (Phi) is 10.1. The zero-order chi connectivity index (χ0) is 39.1. The standard InChI is InChI=1S/C48H53N5O4/c1-2-41(34-6-4-3-5-7-34)45(36-10-15-40(54)16-11-36)35-8-12-38(13-9-35)51-24-20-33(21-25-51)29-50-26-22-48(23-27-50)31-52(32-48)39-14-17-42-37(28-39)30-53(47(42)57)43-18-19-44(55)49-46(43)56/h3-17,28,33,43,54H,2,18-27,29-32H2,1H3,(H,49,55,56). The van der Waals surface area contributed by atoms with E-state index in [4.69, 9.17) is 0 Å². The Morgan fingerprint density at radius 1 is 0.754 bits per heavy atom. The Morgan fingerprint density at radius 3 is 2.09 bits per heavy atom. The number of fused-ring (bicyclic) bond motifs is 1. The minimum Gasteiger partial charge on any atom is -0.508 e. The molecule has 4 fully saturated rings. The molecule has 294 valence electrons. The number of phenols is 1. The van der Waals surface area contributed by atoms with Crippen LogP contribution >= 0.6 is 0 Å². The number of imide groups is 1. The van der Waals surface area contributed by atoms with Crippen molar-refractivity contribution < 1.29 is 19.5 Å². The molecule has 5 aliphatic heterocycles. The SMILES string of the molecule is CCC(=C(c1ccc(O)cc1)c1ccc(N2CCC(CN3CCC4(CC3)CN(c3ccc5c(c3)CN(C3CCC(=O)NC3=O)C5=O)C4)CC2)cc1)c1ccccc1. The molecule has 9 nitrogen and oxygen atoms in total. The Hall–Kier alpha value is -5.41. The molecule has 0 radical (unpaired) electrons. The third-order valence-corrected chi connectivity index (χ3v) is 13.4. The first-order chi connectivity index (χ1) is 27.8. The van der Waals surface area contributed by atoms with Crippen molar-refractivity contribution in [3.63, 3.8) is 0 Å². The summed E-state index contributed by atoms with van der Waals surface area (Å²) in [7, 11) is 0. The summed E-state index contributed by atoms with van der Waals surface area (Å²) in [4.78, 5) is 46.6. The number of carbonyl (C=O) groups is 3. The summed E-state index contributed by atoms with van der Waals surface area (Å²) in [6, 6.07) is 32.9. The van der Waals surface area contributed by atoms with Gasteiger partial charge in [-0.25, -0.2) is 0 Å². The number of rotatable bonds is 9. The molecule has 57 heavy (non-hydrogen) atoms. The van der Waals surface area contributed by atoms with E-state index in [2.05, 4.69) is 93.7 Å². The Labute approximate surface area is 336 Å². The van der Waals surface area contributed by atoms with Crippen LogP contribution in [0.25, 0.3) is 11.1 Å². The molecule has 4 aromatic rings. The van der Waals surface area contributed by atoms with Gasteiger partial charge in [0, 0.05) is 68.0 Å². The molecule has 1 unspecified atom stereocenters. The number of nitrogens with zero attached hydrogens (tertiary/aromatic N) is 4. The molecular formula is C48H53N5O4. The fraction of sp³-hybridized carbons (Fsp3) is 0.396. The molecule has 4 aromatic carbocycles. The molecule has 4 saturated heterocycles. The van der Waals surface area contributed by atoms with Crippen molar-refractivity contribution in [3.8, 4) is 5.75 Å². The quantitative estimate of drug-likeness (QED) is 0.136. The minimum absolute atomic E-state index is 0.114. The molecule has 5 aliphatic rings. The lowest BCUT2D eigenvalue weighted by atomic mass is 9.71. The Bertz CT molecular complexity index is 2160. The largest absolute Gasteiger partial charge is 0.508 e. The number of hydrogen-bond acceptors (Lipinski definition) is 7. The fourth-order valence-electron chi connectivity index (χ4n) is 10.1. The van der Waals surface area contributed by atoms with Crippen molar-refractivity contribution in [2.24, 2.45) is 11.3 Å². The lowest BCUT2D eigenvalue weighted by Gasteiger charge is -2.55. The molecule has 3 amide bonds. The monoisotopic (exact) mass is 763 g/mol. The van der Waals surface area contributed by atoms with Crippen LogP contribution in [0.2, 0.25) is 0 Å². The number of piperidine rings is 3. The maximum atomic E-state index is 13.2. The number of amides is 3. The number of anilines is 2. The molecule has 0 aliphatic carbocycles. The van der Waals surface area contributed by atoms with Gasteiger partial charge in [0.15, 0.2) is 0 Å². The van der Waals surface area contributed by atoms with Gasteiger partial charge in [0.2, 0.25) is 11.8 Å². The first-order valence-electron chi connectivity index (χ1n) is 20.9. The van der Waals surface area contributed by atoms with Crippen LogP contribution < -0.4 is 15.1 Å². The molecule has 9 heteroatoms. The maximum Gasteiger partial charge on any atom is 0.255 e. The van der Waals surface area contributed by atoms with Gasteiger partial charge >= 0.3 is 0 Å². The third kappa shape index (κ3) is 7.45. The normalized spacial score (nSPS) is 21.7. The average molecular weight is 764 g/mol. The van der Waals surface area contributed by atoms with Gasteiger partial charge in [-0.05, 0) is 133 Å². The highest BCUT2D eigenvalue weighted by Gasteiger charge is 2.46. The van der Waals surface area contributed by atoms with Crippen molar-refractivity contribution in [2.75, 3.05) is 55.6 Å². The second-order valence-electron chi connectivity index (χ2n) is 17.0. The van der Waals surface area contributed by atoms with Gasteiger partial charge < -0.3 is 24.7 Å². The van der Waals surface area contributed by atoms with Gasteiger partial charge in [-0.3, -0.25) is 19.7 Å². The van der Waals surface area contributed by atoms with E-state index in [0.717, 1.165) is 68.4 Å². The summed E-state index contributed by atoms with van der Waals surface area (Å²) in [5.41, 5.74) is 10.5. The molecular weight excluding hydrogens is 711 g/mol. The number of phenolic OH excluding ortho intramolecular Hbond substituents is 1. The number of nitrogens with one attached hydrogen (secondary N) is 1. The van der Waals surface area contributed by atoms with Crippen LogP contribution in [-0.2, 0) is 16.1 Å². The number of hydrogen-bond donors (Lipinski definition) is 2. The van der Waals surface area contributed by atoms with Crippen molar-refractivity contribution >= 4 is 40.2 Å². The smallest absolute Gasteiger partial charge is 0.255 e.